The van der Waals surface area contributed by atoms with Crippen LogP contribution in [0.4, 0.5) is 10.7 Å². The quantitative estimate of drug-likeness (QED) is 0.180. The van der Waals surface area contributed by atoms with E-state index in [0.717, 1.165) is 33.1 Å². The molecule has 2 N–H and O–H groups in total. The van der Waals surface area contributed by atoms with Crippen molar-refractivity contribution in [3.8, 4) is 10.4 Å². The zero-order valence-electron chi connectivity index (χ0n) is 19.9. The number of halogens is 2. The second-order valence-electron chi connectivity index (χ2n) is 7.96. The molecule has 0 atom stereocenters. The van der Waals surface area contributed by atoms with Crippen molar-refractivity contribution in [2.75, 3.05) is 17.2 Å². The molecule has 0 bridgehead atoms. The summed E-state index contributed by atoms with van der Waals surface area (Å²) in [7, 11) is 0. The Balaban J connectivity index is 1.55. The smallest absolute Gasteiger partial charge is 0.341 e. The van der Waals surface area contributed by atoms with Crippen LogP contribution in [0.15, 0.2) is 54.6 Å². The number of anilines is 2. The summed E-state index contributed by atoms with van der Waals surface area (Å²) in [6, 6.07) is 17.1. The third-order valence-electron chi connectivity index (χ3n) is 5.47. The number of nitrogens with zero attached hydrogens (tertiary/aromatic N) is 2. The van der Waals surface area contributed by atoms with Gasteiger partial charge in [-0.2, -0.15) is 5.10 Å². The number of carbonyl (C=O) groups is 1. The van der Waals surface area contributed by atoms with E-state index in [4.69, 9.17) is 40.2 Å². The molecular formula is C26H24Cl2N4O2S2. The Kier molecular flexibility index (Phi) is 8.31. The molecule has 2 heterocycles. The monoisotopic (exact) mass is 558 g/mol. The summed E-state index contributed by atoms with van der Waals surface area (Å²) in [5, 5.41) is 13.2. The summed E-state index contributed by atoms with van der Waals surface area (Å²) >= 11 is 19.4. The highest BCUT2D eigenvalue weighted by Crippen LogP contribution is 2.36. The van der Waals surface area contributed by atoms with Crippen molar-refractivity contribution in [3.63, 3.8) is 0 Å². The van der Waals surface area contributed by atoms with Crippen LogP contribution in [0.5, 0.6) is 0 Å². The summed E-state index contributed by atoms with van der Waals surface area (Å²) in [5.74, 6) is -0.402. The van der Waals surface area contributed by atoms with Crippen LogP contribution in [0.3, 0.4) is 0 Å². The van der Waals surface area contributed by atoms with Gasteiger partial charge in [0.2, 0.25) is 0 Å². The normalized spacial score (nSPS) is 10.8. The van der Waals surface area contributed by atoms with E-state index >= 15 is 0 Å². The molecule has 0 saturated carbocycles. The average molecular weight is 560 g/mol. The fourth-order valence-electron chi connectivity index (χ4n) is 3.68. The van der Waals surface area contributed by atoms with Gasteiger partial charge in [-0.05, 0) is 62.3 Å². The third-order valence-corrected chi connectivity index (χ3v) is 7.36. The first kappa shape index (κ1) is 26.2. The second kappa shape index (κ2) is 11.4. The highest BCUT2D eigenvalue weighted by atomic mass is 35.5. The lowest BCUT2D eigenvalue weighted by atomic mass is 10.1. The number of benzene rings is 2. The molecule has 0 aliphatic carbocycles. The van der Waals surface area contributed by atoms with Gasteiger partial charge in [-0.1, -0.05) is 59.6 Å². The SMILES string of the molecule is CCOC(=O)c1cc(-c2ccccc2)sc1NC(=S)Nc1c(C)nn(Cc2ccc(Cl)cc2Cl)c1C. The Labute approximate surface area is 229 Å². The van der Waals surface area contributed by atoms with Crippen molar-refractivity contribution in [1.82, 2.24) is 9.78 Å². The molecule has 2 aromatic heterocycles. The van der Waals surface area contributed by atoms with E-state index < -0.39 is 5.97 Å². The van der Waals surface area contributed by atoms with Crippen LogP contribution in [-0.2, 0) is 11.3 Å². The maximum Gasteiger partial charge on any atom is 0.341 e. The lowest BCUT2D eigenvalue weighted by Gasteiger charge is -2.12. The van der Waals surface area contributed by atoms with Crippen LogP contribution >= 0.6 is 46.8 Å². The first-order valence-electron chi connectivity index (χ1n) is 11.2. The van der Waals surface area contributed by atoms with Crippen LogP contribution in [0.25, 0.3) is 10.4 Å². The topological polar surface area (TPSA) is 68.2 Å². The molecule has 36 heavy (non-hydrogen) atoms. The van der Waals surface area contributed by atoms with Gasteiger partial charge >= 0.3 is 5.97 Å². The number of aryl methyl sites for hydroxylation is 1. The number of rotatable bonds is 7. The van der Waals surface area contributed by atoms with E-state index in [1.165, 1.54) is 11.3 Å². The first-order valence-corrected chi connectivity index (χ1v) is 13.2. The highest BCUT2D eigenvalue weighted by Gasteiger charge is 2.20. The van der Waals surface area contributed by atoms with E-state index in [1.54, 1.807) is 19.1 Å². The zero-order valence-corrected chi connectivity index (χ0v) is 23.0. The van der Waals surface area contributed by atoms with Crippen LogP contribution in [-0.4, -0.2) is 27.5 Å². The number of aromatic nitrogens is 2. The van der Waals surface area contributed by atoms with E-state index in [1.807, 2.05) is 61.0 Å². The lowest BCUT2D eigenvalue weighted by Crippen LogP contribution is -2.21. The summed E-state index contributed by atoms with van der Waals surface area (Å²) in [6.45, 7) is 6.41. The third kappa shape index (κ3) is 5.90. The molecule has 0 amide bonds. The Hall–Kier alpha value is -2.91. The summed E-state index contributed by atoms with van der Waals surface area (Å²) in [6.07, 6.45) is 0. The second-order valence-corrected chi connectivity index (χ2v) is 10.3. The number of nitrogens with one attached hydrogen (secondary N) is 2. The van der Waals surface area contributed by atoms with Crippen molar-refractivity contribution in [2.45, 2.75) is 27.3 Å². The minimum atomic E-state index is -0.402. The van der Waals surface area contributed by atoms with Crippen molar-refractivity contribution in [2.24, 2.45) is 0 Å². The van der Waals surface area contributed by atoms with Crippen molar-refractivity contribution in [3.05, 3.63) is 87.2 Å². The van der Waals surface area contributed by atoms with E-state index in [-0.39, 0.29) is 6.61 Å². The average Bonchev–Trinajstić information content (AvgIpc) is 3.38. The fourth-order valence-corrected chi connectivity index (χ4v) is 5.47. The molecule has 0 fully saturated rings. The van der Waals surface area contributed by atoms with E-state index in [0.29, 0.717) is 32.3 Å². The predicted octanol–water partition coefficient (Wildman–Crippen LogP) is 7.57. The van der Waals surface area contributed by atoms with Gasteiger partial charge in [0.15, 0.2) is 5.11 Å². The molecule has 186 valence electrons. The van der Waals surface area contributed by atoms with Gasteiger partial charge in [0.05, 0.1) is 35.8 Å². The Morgan fingerprint density at radius 1 is 1.11 bits per heavy atom. The molecule has 0 aliphatic heterocycles. The Morgan fingerprint density at radius 2 is 1.86 bits per heavy atom. The molecule has 0 aliphatic rings. The largest absolute Gasteiger partial charge is 0.462 e. The van der Waals surface area contributed by atoms with Gasteiger partial charge in [0.1, 0.15) is 5.00 Å². The van der Waals surface area contributed by atoms with Gasteiger partial charge < -0.3 is 15.4 Å². The Bertz CT molecular complexity index is 1420. The molecule has 0 unspecified atom stereocenters. The standard InChI is InChI=1S/C26H24Cl2N4O2S2/c1-4-34-25(33)20-13-22(17-8-6-5-7-9-17)36-24(20)30-26(35)29-23-15(2)31-32(16(23)3)14-18-10-11-19(27)12-21(18)28/h5-13H,4,14H2,1-3H3,(H2,29,30,35). The van der Waals surface area contributed by atoms with Crippen LogP contribution in [0, 0.1) is 13.8 Å². The molecule has 0 spiro atoms. The minimum absolute atomic E-state index is 0.284. The van der Waals surface area contributed by atoms with Gasteiger partial charge in [-0.25, -0.2) is 4.79 Å². The number of hydrogen-bond donors (Lipinski definition) is 2. The maximum absolute atomic E-state index is 12.6. The molecule has 4 aromatic rings. The van der Waals surface area contributed by atoms with Gasteiger partial charge in [0.25, 0.3) is 0 Å². The lowest BCUT2D eigenvalue weighted by molar-refractivity contribution is 0.0528. The van der Waals surface area contributed by atoms with Gasteiger partial charge in [0, 0.05) is 14.9 Å². The number of carbonyl (C=O) groups excluding carboxylic acids is 1. The number of thiophene rings is 1. The minimum Gasteiger partial charge on any atom is -0.462 e. The predicted molar refractivity (Wildman–Crippen MR) is 153 cm³/mol. The van der Waals surface area contributed by atoms with E-state index in [2.05, 4.69) is 15.7 Å². The highest BCUT2D eigenvalue weighted by molar-refractivity contribution is 7.80. The maximum atomic E-state index is 12.6. The number of thiocarbonyl (C=S) groups is 1. The summed E-state index contributed by atoms with van der Waals surface area (Å²) < 4.78 is 7.12. The number of ether oxygens (including phenoxy) is 1. The zero-order chi connectivity index (χ0) is 25.8. The van der Waals surface area contributed by atoms with Gasteiger partial charge in [-0.15, -0.1) is 11.3 Å². The van der Waals surface area contributed by atoms with Crippen LogP contribution in [0.1, 0.15) is 34.2 Å². The molecule has 0 radical (unpaired) electrons. The van der Waals surface area contributed by atoms with Crippen LogP contribution < -0.4 is 10.6 Å². The van der Waals surface area contributed by atoms with Crippen LogP contribution in [0.2, 0.25) is 10.0 Å². The molecule has 6 nitrogen and oxygen atoms in total. The fraction of sp³-hybridized carbons (Fsp3) is 0.192. The molecule has 0 saturated heterocycles. The van der Waals surface area contributed by atoms with Crippen molar-refractivity contribution >= 4 is 68.5 Å². The molecule has 2 aromatic carbocycles. The molecule has 10 heteroatoms. The molecule has 4 rings (SSSR count). The summed E-state index contributed by atoms with van der Waals surface area (Å²) in [4.78, 5) is 13.6. The van der Waals surface area contributed by atoms with Gasteiger partial charge in [-0.3, -0.25) is 4.68 Å². The number of hydrogen-bond acceptors (Lipinski definition) is 5. The molecular weight excluding hydrogens is 535 g/mol. The summed E-state index contributed by atoms with van der Waals surface area (Å²) in [5.41, 5.74) is 4.81. The van der Waals surface area contributed by atoms with Crippen molar-refractivity contribution in [1.29, 1.82) is 0 Å². The Morgan fingerprint density at radius 3 is 2.56 bits per heavy atom. The number of esters is 1. The van der Waals surface area contributed by atoms with Crippen molar-refractivity contribution < 1.29 is 9.53 Å². The van der Waals surface area contributed by atoms with E-state index in [9.17, 15) is 4.79 Å². The first-order chi connectivity index (χ1) is 17.3.